The number of carbonyl (C=O) groups excluding carboxylic acids is 1. The Labute approximate surface area is 143 Å². The third-order valence-corrected chi connectivity index (χ3v) is 3.33. The molecule has 6 heteroatoms. The minimum absolute atomic E-state index is 0.196. The smallest absolute Gasteiger partial charge is 0.326 e. The van der Waals surface area contributed by atoms with Crippen LogP contribution in [-0.2, 0) is 14.3 Å². The van der Waals surface area contributed by atoms with Crippen molar-refractivity contribution in [3.05, 3.63) is 29.3 Å². The zero-order valence-corrected chi connectivity index (χ0v) is 15.0. The maximum Gasteiger partial charge on any atom is 0.326 e. The van der Waals surface area contributed by atoms with Crippen LogP contribution in [0.2, 0.25) is 0 Å². The third-order valence-electron chi connectivity index (χ3n) is 3.33. The molecule has 1 aromatic carbocycles. The van der Waals surface area contributed by atoms with Gasteiger partial charge in [0.15, 0.2) is 6.61 Å². The fourth-order valence-corrected chi connectivity index (χ4v) is 2.14. The van der Waals surface area contributed by atoms with E-state index in [1.807, 2.05) is 52.8 Å². The summed E-state index contributed by atoms with van der Waals surface area (Å²) in [5, 5.41) is 11.7. The highest BCUT2D eigenvalue weighted by Gasteiger charge is 2.21. The second kappa shape index (κ2) is 8.68. The van der Waals surface area contributed by atoms with Crippen molar-refractivity contribution in [1.29, 1.82) is 0 Å². The van der Waals surface area contributed by atoms with E-state index in [2.05, 4.69) is 5.32 Å². The van der Waals surface area contributed by atoms with Crippen LogP contribution in [0.1, 0.15) is 38.3 Å². The van der Waals surface area contributed by atoms with E-state index >= 15 is 0 Å². The van der Waals surface area contributed by atoms with Crippen LogP contribution >= 0.6 is 0 Å². The van der Waals surface area contributed by atoms with Crippen molar-refractivity contribution in [2.24, 2.45) is 0 Å². The first-order chi connectivity index (χ1) is 11.1. The molecule has 6 nitrogen and oxygen atoms in total. The molecular weight excluding hydrogens is 310 g/mol. The fourth-order valence-electron chi connectivity index (χ4n) is 2.14. The maximum atomic E-state index is 12.0. The number of aliphatic carboxylic acids is 1. The molecule has 0 aromatic heterocycles. The van der Waals surface area contributed by atoms with Crippen molar-refractivity contribution in [3.8, 4) is 5.75 Å². The van der Waals surface area contributed by atoms with Crippen LogP contribution in [0, 0.1) is 13.8 Å². The molecule has 0 fully saturated rings. The topological polar surface area (TPSA) is 84.9 Å². The number of carbonyl (C=O) groups is 2. The number of carboxylic acid groups (broad SMARTS) is 1. The Balaban J connectivity index is 2.52. The highest BCUT2D eigenvalue weighted by Crippen LogP contribution is 2.22. The lowest BCUT2D eigenvalue weighted by atomic mass is 10.1. The van der Waals surface area contributed by atoms with Gasteiger partial charge in [-0.1, -0.05) is 18.2 Å². The first-order valence-electron chi connectivity index (χ1n) is 7.95. The number of rotatable bonds is 8. The summed E-state index contributed by atoms with van der Waals surface area (Å²) in [5.74, 6) is -0.913. The van der Waals surface area contributed by atoms with E-state index in [-0.39, 0.29) is 25.2 Å². The fraction of sp³-hybridized carbons (Fsp3) is 0.556. The molecule has 0 bridgehead atoms. The summed E-state index contributed by atoms with van der Waals surface area (Å²) >= 11 is 0. The lowest BCUT2D eigenvalue weighted by Crippen LogP contribution is -2.44. The van der Waals surface area contributed by atoms with E-state index in [0.29, 0.717) is 5.75 Å². The van der Waals surface area contributed by atoms with Gasteiger partial charge in [0.2, 0.25) is 0 Å². The van der Waals surface area contributed by atoms with Crippen LogP contribution in [0.25, 0.3) is 0 Å². The van der Waals surface area contributed by atoms with Gasteiger partial charge >= 0.3 is 5.97 Å². The number of benzene rings is 1. The van der Waals surface area contributed by atoms with Crippen LogP contribution < -0.4 is 10.1 Å². The number of aryl methyl sites for hydroxylation is 2. The van der Waals surface area contributed by atoms with E-state index in [1.54, 1.807) is 0 Å². The minimum atomic E-state index is -1.09. The van der Waals surface area contributed by atoms with Crippen molar-refractivity contribution >= 4 is 11.9 Å². The van der Waals surface area contributed by atoms with E-state index < -0.39 is 17.9 Å². The molecule has 0 aliphatic heterocycles. The quantitative estimate of drug-likeness (QED) is 0.761. The second-order valence-electron chi connectivity index (χ2n) is 6.72. The summed E-state index contributed by atoms with van der Waals surface area (Å²) in [6.07, 6.45) is 0.196. The Morgan fingerprint density at radius 3 is 2.29 bits per heavy atom. The van der Waals surface area contributed by atoms with E-state index in [4.69, 9.17) is 9.47 Å². The van der Waals surface area contributed by atoms with Crippen molar-refractivity contribution in [2.75, 3.05) is 13.2 Å². The molecular formula is C18H27NO5. The van der Waals surface area contributed by atoms with Gasteiger partial charge in [-0.2, -0.15) is 0 Å². The predicted molar refractivity (Wildman–Crippen MR) is 91.3 cm³/mol. The van der Waals surface area contributed by atoms with Gasteiger partial charge in [-0.3, -0.25) is 4.79 Å². The molecule has 0 saturated heterocycles. The van der Waals surface area contributed by atoms with E-state index in [1.165, 1.54) is 0 Å². The van der Waals surface area contributed by atoms with Crippen LogP contribution in [0.15, 0.2) is 18.2 Å². The number of nitrogens with one attached hydrogen (secondary N) is 1. The number of hydrogen-bond donors (Lipinski definition) is 2. The zero-order chi connectivity index (χ0) is 18.3. The average molecular weight is 337 g/mol. The number of hydrogen-bond acceptors (Lipinski definition) is 4. The molecule has 1 rings (SSSR count). The molecule has 24 heavy (non-hydrogen) atoms. The summed E-state index contributed by atoms with van der Waals surface area (Å²) in [5.41, 5.74) is 1.51. The number of amides is 1. The van der Waals surface area contributed by atoms with Gasteiger partial charge in [0.25, 0.3) is 5.91 Å². The van der Waals surface area contributed by atoms with Gasteiger partial charge in [0.05, 0.1) is 5.60 Å². The minimum Gasteiger partial charge on any atom is -0.483 e. The monoisotopic (exact) mass is 337 g/mol. The van der Waals surface area contributed by atoms with Crippen molar-refractivity contribution in [2.45, 2.75) is 52.7 Å². The van der Waals surface area contributed by atoms with Gasteiger partial charge in [0, 0.05) is 13.0 Å². The second-order valence-corrected chi connectivity index (χ2v) is 6.72. The SMILES string of the molecule is Cc1cccc(C)c1OCC(=O)NC(CCOC(C)(C)C)C(=O)O. The standard InChI is InChI=1S/C18H27NO5/c1-12-7-6-8-13(2)16(12)23-11-15(20)19-14(17(21)22)9-10-24-18(3,4)5/h6-8,14H,9-11H2,1-5H3,(H,19,20)(H,21,22). The van der Waals surface area contributed by atoms with Crippen LogP contribution in [0.4, 0.5) is 0 Å². The lowest BCUT2D eigenvalue weighted by molar-refractivity contribution is -0.143. The molecule has 0 radical (unpaired) electrons. The van der Waals surface area contributed by atoms with Gasteiger partial charge in [-0.25, -0.2) is 4.79 Å². The third kappa shape index (κ3) is 7.00. The van der Waals surface area contributed by atoms with Crippen molar-refractivity contribution in [3.63, 3.8) is 0 Å². The van der Waals surface area contributed by atoms with Crippen molar-refractivity contribution in [1.82, 2.24) is 5.32 Å². The summed E-state index contributed by atoms with van der Waals surface area (Å²) < 4.78 is 11.0. The first-order valence-corrected chi connectivity index (χ1v) is 7.95. The van der Waals surface area contributed by atoms with Gasteiger partial charge in [0.1, 0.15) is 11.8 Å². The van der Waals surface area contributed by atoms with Gasteiger partial charge < -0.3 is 19.9 Å². The predicted octanol–water partition coefficient (Wildman–Crippen LogP) is 2.46. The molecule has 2 N–H and O–H groups in total. The highest BCUT2D eigenvalue weighted by molar-refractivity contribution is 5.84. The number of ether oxygens (including phenoxy) is 2. The van der Waals surface area contributed by atoms with Crippen LogP contribution in [0.3, 0.4) is 0 Å². The normalized spacial score (nSPS) is 12.5. The largest absolute Gasteiger partial charge is 0.483 e. The van der Waals surface area contributed by atoms with Crippen LogP contribution in [-0.4, -0.2) is 41.8 Å². The molecule has 1 aromatic rings. The van der Waals surface area contributed by atoms with Gasteiger partial charge in [-0.05, 0) is 45.7 Å². The Morgan fingerprint density at radius 2 is 1.79 bits per heavy atom. The van der Waals surface area contributed by atoms with E-state index in [0.717, 1.165) is 11.1 Å². The molecule has 0 spiro atoms. The molecule has 0 saturated carbocycles. The molecule has 1 atom stereocenters. The van der Waals surface area contributed by atoms with Crippen molar-refractivity contribution < 1.29 is 24.2 Å². The molecule has 134 valence electrons. The Kier molecular flexibility index (Phi) is 7.22. The summed E-state index contributed by atoms with van der Waals surface area (Å²) in [7, 11) is 0. The summed E-state index contributed by atoms with van der Waals surface area (Å²) in [6, 6.07) is 4.70. The Bertz CT molecular complexity index is 557. The van der Waals surface area contributed by atoms with Crippen LogP contribution in [0.5, 0.6) is 5.75 Å². The lowest BCUT2D eigenvalue weighted by Gasteiger charge is -2.21. The molecule has 0 heterocycles. The van der Waals surface area contributed by atoms with Gasteiger partial charge in [-0.15, -0.1) is 0 Å². The molecule has 0 aliphatic carbocycles. The maximum absolute atomic E-state index is 12.0. The number of carboxylic acids is 1. The van der Waals surface area contributed by atoms with E-state index in [9.17, 15) is 14.7 Å². The Hall–Kier alpha value is -2.08. The average Bonchev–Trinajstić information content (AvgIpc) is 2.44. The summed E-state index contributed by atoms with van der Waals surface area (Å²) in [4.78, 5) is 23.2. The summed E-state index contributed by atoms with van der Waals surface area (Å²) in [6.45, 7) is 9.47. The molecule has 1 unspecified atom stereocenters. The Morgan fingerprint density at radius 1 is 1.21 bits per heavy atom. The first kappa shape index (κ1) is 20.0. The molecule has 0 aliphatic rings. The highest BCUT2D eigenvalue weighted by atomic mass is 16.5. The number of para-hydroxylation sites is 1. The molecule has 1 amide bonds. The zero-order valence-electron chi connectivity index (χ0n) is 15.0.